The van der Waals surface area contributed by atoms with Crippen LogP contribution in [0, 0.1) is 6.92 Å². The Kier molecular flexibility index (Phi) is 18.7. The maximum Gasteiger partial charge on any atom is 0.256 e. The zero-order valence-corrected chi connectivity index (χ0v) is 78.9. The van der Waals surface area contributed by atoms with Crippen molar-refractivity contribution in [2.45, 2.75) is 33.6 Å². The molecule has 12 heteroatoms. The third-order valence-corrected chi connectivity index (χ3v) is 30.9. The highest BCUT2D eigenvalue weighted by Crippen LogP contribution is 2.51. The Morgan fingerprint density at radius 2 is 0.615 bits per heavy atom. The summed E-state index contributed by atoms with van der Waals surface area (Å²) in [6, 6.07) is 167. The maximum absolute atomic E-state index is 6.99. The quantitative estimate of drug-likeness (QED) is 0.114. The molecule has 6 aliphatic heterocycles. The molecular formula is C131H89B3N6O3. The van der Waals surface area contributed by atoms with E-state index in [1.54, 1.807) is 0 Å². The Hall–Kier alpha value is -18.0. The van der Waals surface area contributed by atoms with Crippen LogP contribution in [0.3, 0.4) is 0 Å². The van der Waals surface area contributed by atoms with E-state index in [0.717, 1.165) is 81.3 Å². The molecule has 0 saturated heterocycles. The van der Waals surface area contributed by atoms with Gasteiger partial charge in [-0.2, -0.15) is 0 Å². The van der Waals surface area contributed by atoms with Gasteiger partial charge in [0, 0.05) is 123 Å². The molecule has 11 heterocycles. The minimum Gasteiger partial charge on any atom is -0.458 e. The number of aromatic nitrogens is 5. The summed E-state index contributed by atoms with van der Waals surface area (Å²) in [6.45, 7) is 7.09. The van der Waals surface area contributed by atoms with Crippen LogP contribution in [0.5, 0.6) is 34.5 Å². The second-order valence-corrected chi connectivity index (χ2v) is 38.4. The number of hydrogen-bond donors (Lipinski definition) is 0. The molecule has 25 aromatic rings. The summed E-state index contributed by atoms with van der Waals surface area (Å²) in [5.41, 5.74) is 45.3. The third-order valence-electron chi connectivity index (χ3n) is 30.9. The Balaban J connectivity index is 0.000000103. The van der Waals surface area contributed by atoms with Gasteiger partial charge in [-0.1, -0.05) is 347 Å². The van der Waals surface area contributed by atoms with Crippen LogP contribution in [0.25, 0.3) is 161 Å². The summed E-state index contributed by atoms with van der Waals surface area (Å²) in [7, 11) is 0. The Morgan fingerprint density at radius 3 is 1.14 bits per heavy atom. The van der Waals surface area contributed by atoms with Crippen molar-refractivity contribution in [3.8, 4) is 119 Å². The minimum absolute atomic E-state index is 0.0268. The molecule has 6 aliphatic rings. The molecule has 0 atom stereocenters. The van der Waals surface area contributed by atoms with E-state index in [2.05, 4.69) is 510 Å². The fourth-order valence-corrected chi connectivity index (χ4v) is 25.1. The normalized spacial score (nSPS) is 12.6. The minimum atomic E-state index is 0.0268. The number of nitrogens with zero attached hydrogens (tertiary/aromatic N) is 6. The Labute approximate surface area is 829 Å². The van der Waals surface area contributed by atoms with Crippen LogP contribution in [-0.4, -0.2) is 43.0 Å². The second-order valence-electron chi connectivity index (χ2n) is 38.4. The fraction of sp³-hybridized carbons (Fsp3) is 0.0382. The van der Waals surface area contributed by atoms with Crippen molar-refractivity contribution < 1.29 is 14.2 Å². The number of hydrogen-bond acceptors (Lipinski definition) is 4. The molecular weight excluding hydrogens is 1740 g/mol. The highest BCUT2D eigenvalue weighted by Gasteiger charge is 2.46. The van der Waals surface area contributed by atoms with Gasteiger partial charge < -0.3 is 41.9 Å². The van der Waals surface area contributed by atoms with Crippen LogP contribution in [0.4, 0.5) is 17.1 Å². The van der Waals surface area contributed by atoms with Crippen molar-refractivity contribution >= 4 is 163 Å². The summed E-state index contributed by atoms with van der Waals surface area (Å²) >= 11 is 0. The van der Waals surface area contributed by atoms with E-state index >= 15 is 0 Å². The molecule has 20 aromatic carbocycles. The molecule has 143 heavy (non-hydrogen) atoms. The average Bonchev–Trinajstić information content (AvgIpc) is 1.60. The van der Waals surface area contributed by atoms with Gasteiger partial charge in [0.25, 0.3) is 20.1 Å². The third kappa shape index (κ3) is 12.5. The highest BCUT2D eigenvalue weighted by molar-refractivity contribution is 7.01. The lowest BCUT2D eigenvalue weighted by molar-refractivity contribution is 0.487. The molecule has 0 aliphatic carbocycles. The van der Waals surface area contributed by atoms with Crippen molar-refractivity contribution in [3.05, 3.63) is 478 Å². The lowest BCUT2D eigenvalue weighted by Crippen LogP contribution is -2.58. The molecule has 5 aromatic heterocycles. The number of para-hydroxylation sites is 11. The molecule has 0 N–H and O–H groups in total. The maximum atomic E-state index is 6.99. The lowest BCUT2D eigenvalue weighted by Gasteiger charge is -2.35. The first-order valence-electron chi connectivity index (χ1n) is 49.9. The van der Waals surface area contributed by atoms with Crippen LogP contribution in [-0.2, 0) is 12.8 Å². The van der Waals surface area contributed by atoms with E-state index in [0.29, 0.717) is 0 Å². The average molecular weight is 1830 g/mol. The standard InChI is InChI=1S/C50H31BN2O.C42H31BN2O.C39H27BN2O/c1-4-15-32(16-5-1)35-27-28-43-39(29-35)37-21-10-12-25-42(37)52(43)36-30-44-48-46(31-36)54-45-26-13-11-23-40(45)51(48)41-24-14-22-38-47(33-17-6-2-7-18-33)49(53(44)50(38)41)34-19-8-3-9-20-34;1-3-29-31-16-12-18-34-42(31)45(35(29)4-2)38-24-27(25-40-41(38)43(34)33-17-9-11-20-39(33)46-40)26-21-22-37-32(23-26)30-15-8-10-19-36(30)44(37)28-13-6-5-7-14-28;1-26-37(27-14-5-2-6-15-27)31-20-13-22-33-39(31)41(26)34-24-30(25-36-38(34)40(33)32-21-11-12-23-35(32)43-36)42(28-16-7-3-8-17-28)29-18-9-4-10-19-29/h1-31H;5-25H,3-4H2,1-2H3;2-25H,1H3. The number of aryl methyl sites for hydroxylation is 1. The summed E-state index contributed by atoms with van der Waals surface area (Å²) in [6.07, 6.45) is 1.99. The van der Waals surface area contributed by atoms with Gasteiger partial charge in [-0.05, 0) is 229 Å². The smallest absolute Gasteiger partial charge is 0.256 e. The largest absolute Gasteiger partial charge is 0.458 e. The van der Waals surface area contributed by atoms with Gasteiger partial charge in [0.2, 0.25) is 0 Å². The van der Waals surface area contributed by atoms with E-state index in [1.165, 1.54) is 210 Å². The van der Waals surface area contributed by atoms with Crippen LogP contribution < -0.4 is 68.3 Å². The molecule has 31 rings (SSSR count). The van der Waals surface area contributed by atoms with Crippen molar-refractivity contribution in [3.63, 3.8) is 0 Å². The van der Waals surface area contributed by atoms with Gasteiger partial charge in [0.1, 0.15) is 34.5 Å². The number of rotatable bonds is 12. The molecule has 0 saturated carbocycles. The molecule has 9 nitrogen and oxygen atoms in total. The molecule has 0 radical (unpaired) electrons. The predicted molar refractivity (Wildman–Crippen MR) is 597 cm³/mol. The van der Waals surface area contributed by atoms with Crippen molar-refractivity contribution in [1.82, 2.24) is 22.8 Å². The predicted octanol–water partition coefficient (Wildman–Crippen LogP) is 27.1. The monoisotopic (exact) mass is 1830 g/mol. The van der Waals surface area contributed by atoms with Crippen molar-refractivity contribution in [2.75, 3.05) is 4.90 Å². The first-order chi connectivity index (χ1) is 70.8. The van der Waals surface area contributed by atoms with Gasteiger partial charge in [0.05, 0.1) is 39.1 Å². The molecule has 0 amide bonds. The Morgan fingerprint density at radius 1 is 0.231 bits per heavy atom. The van der Waals surface area contributed by atoms with Crippen molar-refractivity contribution in [2.24, 2.45) is 0 Å². The fourth-order valence-electron chi connectivity index (χ4n) is 25.1. The van der Waals surface area contributed by atoms with E-state index in [1.807, 2.05) is 0 Å². The van der Waals surface area contributed by atoms with E-state index in [4.69, 9.17) is 14.2 Å². The van der Waals surface area contributed by atoms with Gasteiger partial charge in [-0.3, -0.25) is 0 Å². The molecule has 0 fully saturated rings. The first kappa shape index (κ1) is 82.1. The second kappa shape index (κ2) is 32.6. The SMILES string of the molecule is CCc1c(CC)n2c3c(cccc13)B1c3ccccc3Oc3cc(-c4ccc5c(c4)c4ccccc4n5-c4ccccc4)cc-2c31.Cc1c(-c2ccccc2)c2cccc3c2n1-c1cc(N(c2ccccc2)c2ccccc2)cc2c1B3c1ccccc1O2.c1ccc(-c2ccc3c(c2)c2ccccc2n3-c2cc3c4c(c2)-n2c(-c5ccccc5)c(-c5ccccc5)c5cccc(c52)B4c2ccccc2O3)cc1. The number of benzene rings is 20. The Bertz CT molecular complexity index is 9520. The number of anilines is 3. The number of ether oxygens (including phenoxy) is 3. The van der Waals surface area contributed by atoms with E-state index < -0.39 is 0 Å². The topological polar surface area (TPSA) is 55.6 Å². The van der Waals surface area contributed by atoms with Crippen LogP contribution >= 0.6 is 0 Å². The first-order valence-corrected chi connectivity index (χ1v) is 49.9. The van der Waals surface area contributed by atoms with Crippen LogP contribution in [0.15, 0.2) is 461 Å². The highest BCUT2D eigenvalue weighted by atomic mass is 16.5. The summed E-state index contributed by atoms with van der Waals surface area (Å²) in [5, 5.41) is 8.89. The number of fused-ring (bicyclic) bond motifs is 18. The van der Waals surface area contributed by atoms with Crippen LogP contribution in [0.2, 0.25) is 0 Å². The van der Waals surface area contributed by atoms with Gasteiger partial charge >= 0.3 is 0 Å². The summed E-state index contributed by atoms with van der Waals surface area (Å²) < 4.78 is 33.0. The lowest BCUT2D eigenvalue weighted by atomic mass is 9.34. The molecule has 670 valence electrons. The van der Waals surface area contributed by atoms with Crippen LogP contribution in [0.1, 0.15) is 30.8 Å². The van der Waals surface area contributed by atoms with E-state index in [-0.39, 0.29) is 20.1 Å². The molecule has 0 unspecified atom stereocenters. The van der Waals surface area contributed by atoms with Gasteiger partial charge in [-0.15, -0.1) is 0 Å². The molecule has 0 spiro atoms. The zero-order chi connectivity index (χ0) is 94.3. The summed E-state index contributed by atoms with van der Waals surface area (Å²) in [4.78, 5) is 2.32. The van der Waals surface area contributed by atoms with Gasteiger partial charge in [-0.25, -0.2) is 0 Å². The molecule has 0 bridgehead atoms. The van der Waals surface area contributed by atoms with Crippen molar-refractivity contribution in [1.29, 1.82) is 0 Å². The van der Waals surface area contributed by atoms with Gasteiger partial charge in [0.15, 0.2) is 0 Å². The summed E-state index contributed by atoms with van der Waals surface area (Å²) in [5.74, 6) is 5.55. The zero-order valence-electron chi connectivity index (χ0n) is 78.9. The van der Waals surface area contributed by atoms with E-state index in [9.17, 15) is 0 Å².